The molecule has 0 fully saturated rings. The molecule has 1 N–H and O–H groups in total. The van der Waals surface area contributed by atoms with Gasteiger partial charge in [0.1, 0.15) is 18.1 Å². The van der Waals surface area contributed by atoms with Gasteiger partial charge in [-0.3, -0.25) is 4.79 Å². The molecule has 0 aromatic heterocycles. The first-order chi connectivity index (χ1) is 12.1. The number of amides is 1. The van der Waals surface area contributed by atoms with Crippen molar-refractivity contribution >= 4 is 5.91 Å². The molecule has 5 nitrogen and oxygen atoms in total. The molecule has 25 heavy (non-hydrogen) atoms. The van der Waals surface area contributed by atoms with Crippen LogP contribution in [0.15, 0.2) is 42.5 Å². The van der Waals surface area contributed by atoms with E-state index < -0.39 is 5.82 Å². The van der Waals surface area contributed by atoms with Crippen LogP contribution in [0.2, 0.25) is 0 Å². The number of nitrogens with one attached hydrogen (secondary N) is 1. The highest BCUT2D eigenvalue weighted by molar-refractivity contribution is 5.95. The van der Waals surface area contributed by atoms with Crippen molar-refractivity contribution in [3.05, 3.63) is 53.8 Å². The Morgan fingerprint density at radius 3 is 2.40 bits per heavy atom. The molecule has 0 aliphatic carbocycles. The number of ether oxygens (including phenoxy) is 3. The largest absolute Gasteiger partial charge is 0.497 e. The molecule has 0 spiro atoms. The van der Waals surface area contributed by atoms with Gasteiger partial charge in [0.05, 0.1) is 20.8 Å². The molecule has 0 heterocycles. The van der Waals surface area contributed by atoms with E-state index in [9.17, 15) is 9.18 Å². The molecule has 0 saturated carbocycles. The number of hydrogen-bond acceptors (Lipinski definition) is 4. The van der Waals surface area contributed by atoms with Crippen LogP contribution in [-0.4, -0.2) is 33.3 Å². The summed E-state index contributed by atoms with van der Waals surface area (Å²) in [5.74, 6) is 5.89. The zero-order valence-corrected chi connectivity index (χ0v) is 14.0. The third-order valence-corrected chi connectivity index (χ3v) is 3.21. The average Bonchev–Trinajstić information content (AvgIpc) is 2.65. The number of carbonyl (C=O) groups is 1. The molecule has 0 saturated heterocycles. The van der Waals surface area contributed by atoms with E-state index in [2.05, 4.69) is 17.2 Å². The van der Waals surface area contributed by atoms with Crippen molar-refractivity contribution in [2.24, 2.45) is 0 Å². The summed E-state index contributed by atoms with van der Waals surface area (Å²) < 4.78 is 28.8. The van der Waals surface area contributed by atoms with Crippen LogP contribution in [0.25, 0.3) is 0 Å². The van der Waals surface area contributed by atoms with Crippen LogP contribution < -0.4 is 19.5 Å². The molecule has 2 aromatic rings. The van der Waals surface area contributed by atoms with Crippen molar-refractivity contribution in [2.45, 2.75) is 0 Å². The van der Waals surface area contributed by atoms with Gasteiger partial charge in [-0.1, -0.05) is 24.0 Å². The van der Waals surface area contributed by atoms with Gasteiger partial charge in [-0.2, -0.15) is 0 Å². The lowest BCUT2D eigenvalue weighted by atomic mass is 10.2. The minimum Gasteiger partial charge on any atom is -0.497 e. The third kappa shape index (κ3) is 5.43. The van der Waals surface area contributed by atoms with Crippen molar-refractivity contribution in [2.75, 3.05) is 27.4 Å². The highest BCUT2D eigenvalue weighted by Gasteiger charge is 2.08. The van der Waals surface area contributed by atoms with Crippen LogP contribution in [-0.2, 0) is 0 Å². The molecule has 1 amide bonds. The van der Waals surface area contributed by atoms with Crippen molar-refractivity contribution in [1.29, 1.82) is 0 Å². The molecule has 0 atom stereocenters. The fourth-order valence-electron chi connectivity index (χ4n) is 1.95. The van der Waals surface area contributed by atoms with Gasteiger partial charge in [-0.25, -0.2) is 4.39 Å². The molecule has 0 unspecified atom stereocenters. The molecule has 2 aromatic carbocycles. The Bertz CT molecular complexity index is 773. The molecule has 6 heteroatoms. The Kier molecular flexibility index (Phi) is 6.66. The van der Waals surface area contributed by atoms with Gasteiger partial charge in [-0.15, -0.1) is 0 Å². The topological polar surface area (TPSA) is 56.8 Å². The Balaban J connectivity index is 1.84. The Labute approximate surface area is 145 Å². The second-order valence-corrected chi connectivity index (χ2v) is 4.86. The van der Waals surface area contributed by atoms with Crippen LogP contribution in [0.3, 0.4) is 0 Å². The van der Waals surface area contributed by atoms with Gasteiger partial charge < -0.3 is 19.5 Å². The number of hydrogen-bond donors (Lipinski definition) is 1. The summed E-state index contributed by atoms with van der Waals surface area (Å²) >= 11 is 0. The molecular formula is C19H18FNO4. The number of methoxy groups -OCH3 is 2. The van der Waals surface area contributed by atoms with E-state index in [4.69, 9.17) is 14.2 Å². The Hall–Kier alpha value is -3.20. The van der Waals surface area contributed by atoms with Gasteiger partial charge >= 0.3 is 0 Å². The van der Waals surface area contributed by atoms with Crippen molar-refractivity contribution < 1.29 is 23.4 Å². The summed E-state index contributed by atoms with van der Waals surface area (Å²) in [6, 6.07) is 11.0. The maximum absolute atomic E-state index is 13.3. The summed E-state index contributed by atoms with van der Waals surface area (Å²) in [5, 5.41) is 2.66. The number of benzene rings is 2. The summed E-state index contributed by atoms with van der Waals surface area (Å²) in [4.78, 5) is 12.1. The lowest BCUT2D eigenvalue weighted by molar-refractivity contribution is 0.0958. The van der Waals surface area contributed by atoms with Crippen LogP contribution in [0, 0.1) is 17.7 Å². The van der Waals surface area contributed by atoms with Gasteiger partial charge in [0, 0.05) is 11.6 Å². The third-order valence-electron chi connectivity index (χ3n) is 3.21. The van der Waals surface area contributed by atoms with Gasteiger partial charge in [-0.05, 0) is 24.3 Å². The van der Waals surface area contributed by atoms with Gasteiger partial charge in [0.2, 0.25) is 0 Å². The summed E-state index contributed by atoms with van der Waals surface area (Å²) in [7, 11) is 3.02. The second kappa shape index (κ2) is 9.18. The maximum Gasteiger partial charge on any atom is 0.252 e. The fraction of sp³-hybridized carbons (Fsp3) is 0.211. The minimum atomic E-state index is -0.440. The maximum atomic E-state index is 13.3. The monoisotopic (exact) mass is 343 g/mol. The molecular weight excluding hydrogens is 325 g/mol. The number of carbonyl (C=O) groups excluding carboxylic acids is 1. The van der Waals surface area contributed by atoms with E-state index >= 15 is 0 Å². The zero-order chi connectivity index (χ0) is 18.1. The molecule has 130 valence electrons. The lowest BCUT2D eigenvalue weighted by Crippen LogP contribution is -2.23. The van der Waals surface area contributed by atoms with E-state index in [1.807, 2.05) is 0 Å². The Morgan fingerprint density at radius 1 is 1.08 bits per heavy atom. The molecule has 0 aliphatic heterocycles. The first-order valence-electron chi connectivity index (χ1n) is 7.48. The van der Waals surface area contributed by atoms with Crippen molar-refractivity contribution in [3.63, 3.8) is 0 Å². The summed E-state index contributed by atoms with van der Waals surface area (Å²) in [6.07, 6.45) is 0. The van der Waals surface area contributed by atoms with Crippen LogP contribution in [0.4, 0.5) is 4.39 Å². The highest BCUT2D eigenvalue weighted by Crippen LogP contribution is 2.22. The lowest BCUT2D eigenvalue weighted by Gasteiger charge is -2.08. The molecule has 0 aliphatic rings. The van der Waals surface area contributed by atoms with Gasteiger partial charge in [0.25, 0.3) is 5.91 Å². The van der Waals surface area contributed by atoms with Crippen LogP contribution in [0.1, 0.15) is 10.4 Å². The zero-order valence-electron chi connectivity index (χ0n) is 14.0. The number of para-hydroxylation sites is 1. The van der Waals surface area contributed by atoms with E-state index in [-0.39, 0.29) is 24.8 Å². The van der Waals surface area contributed by atoms with E-state index in [0.717, 1.165) is 0 Å². The first-order valence-corrected chi connectivity index (χ1v) is 7.48. The first kappa shape index (κ1) is 18.1. The highest BCUT2D eigenvalue weighted by atomic mass is 19.1. The molecule has 0 radical (unpaired) electrons. The number of halogens is 1. The average molecular weight is 343 g/mol. The van der Waals surface area contributed by atoms with Crippen molar-refractivity contribution in [3.8, 4) is 29.1 Å². The normalized spacial score (nSPS) is 9.56. The SMILES string of the molecule is COc1cc(OC)cc(C(=O)NCC#CCOc2ccccc2F)c1. The molecule has 0 bridgehead atoms. The van der Waals surface area contributed by atoms with E-state index in [1.165, 1.54) is 26.4 Å². The fourth-order valence-corrected chi connectivity index (χ4v) is 1.95. The minimum absolute atomic E-state index is 0.0315. The van der Waals surface area contributed by atoms with Crippen molar-refractivity contribution in [1.82, 2.24) is 5.32 Å². The predicted molar refractivity (Wildman–Crippen MR) is 91.6 cm³/mol. The van der Waals surface area contributed by atoms with E-state index in [1.54, 1.807) is 30.3 Å². The quantitative estimate of drug-likeness (QED) is 0.820. The molecule has 2 rings (SSSR count). The van der Waals surface area contributed by atoms with Gasteiger partial charge in [0.15, 0.2) is 11.6 Å². The smallest absolute Gasteiger partial charge is 0.252 e. The predicted octanol–water partition coefficient (Wildman–Crippen LogP) is 2.66. The second-order valence-electron chi connectivity index (χ2n) is 4.86. The van der Waals surface area contributed by atoms with Crippen LogP contribution >= 0.6 is 0 Å². The summed E-state index contributed by atoms with van der Waals surface area (Å²) in [5.41, 5.74) is 0.403. The van der Waals surface area contributed by atoms with Crippen LogP contribution in [0.5, 0.6) is 17.2 Å². The summed E-state index contributed by atoms with van der Waals surface area (Å²) in [6.45, 7) is 0.169. The number of rotatable bonds is 6. The van der Waals surface area contributed by atoms with E-state index in [0.29, 0.717) is 17.1 Å². The standard InChI is InChI=1S/C19H18FNO4/c1-23-15-11-14(12-16(13-15)24-2)19(22)21-9-5-6-10-25-18-8-4-3-7-17(18)20/h3-4,7-8,11-13H,9-10H2,1-2H3,(H,21,22). The Morgan fingerprint density at radius 2 is 1.76 bits per heavy atom.